The van der Waals surface area contributed by atoms with Gasteiger partial charge in [-0.2, -0.15) is 0 Å². The van der Waals surface area contributed by atoms with Gasteiger partial charge in [-0.15, -0.1) is 0 Å². The van der Waals surface area contributed by atoms with Crippen LogP contribution in [0.15, 0.2) is 0 Å². The highest BCUT2D eigenvalue weighted by atomic mass is 16.5. The lowest BCUT2D eigenvalue weighted by atomic mass is 10.1. The summed E-state index contributed by atoms with van der Waals surface area (Å²) in [5.41, 5.74) is 0. The zero-order valence-corrected chi connectivity index (χ0v) is 11.7. The van der Waals surface area contributed by atoms with Gasteiger partial charge in [0, 0.05) is 38.3 Å². The van der Waals surface area contributed by atoms with Gasteiger partial charge in [-0.3, -0.25) is 14.6 Å². The molecule has 1 saturated carbocycles. The van der Waals surface area contributed by atoms with E-state index in [1.165, 1.54) is 32.8 Å². The second-order valence-corrected chi connectivity index (χ2v) is 5.64. The minimum Gasteiger partial charge on any atom is -0.469 e. The van der Waals surface area contributed by atoms with Crippen molar-refractivity contribution in [3.63, 3.8) is 0 Å². The molecule has 2 fully saturated rings. The van der Waals surface area contributed by atoms with Crippen LogP contribution in [-0.4, -0.2) is 61.1 Å². The van der Waals surface area contributed by atoms with Crippen molar-refractivity contribution < 1.29 is 9.53 Å². The lowest BCUT2D eigenvalue weighted by molar-refractivity contribution is -0.142. The average Bonchev–Trinajstić information content (AvgIpc) is 2.92. The minimum absolute atomic E-state index is 0.0966. The van der Waals surface area contributed by atoms with Gasteiger partial charge >= 0.3 is 5.97 Å². The van der Waals surface area contributed by atoms with Gasteiger partial charge in [0.2, 0.25) is 0 Å². The molecule has 1 aliphatic heterocycles. The van der Waals surface area contributed by atoms with Crippen molar-refractivity contribution in [1.29, 1.82) is 0 Å². The fraction of sp³-hybridized carbons (Fsp3) is 0.929. The van der Waals surface area contributed by atoms with Crippen molar-refractivity contribution in [2.45, 2.75) is 51.1 Å². The third-order valence-electron chi connectivity index (χ3n) is 4.50. The van der Waals surface area contributed by atoms with Crippen LogP contribution < -0.4 is 0 Å². The molecule has 1 aliphatic carbocycles. The van der Waals surface area contributed by atoms with Crippen molar-refractivity contribution in [3.8, 4) is 0 Å². The Kier molecular flexibility index (Phi) is 5.01. The molecule has 1 heterocycles. The lowest BCUT2D eigenvalue weighted by Gasteiger charge is -2.40. The number of rotatable bonds is 4. The van der Waals surface area contributed by atoms with Gasteiger partial charge in [-0.1, -0.05) is 12.8 Å². The molecule has 0 aromatic heterocycles. The first-order valence-electron chi connectivity index (χ1n) is 7.25. The second-order valence-electron chi connectivity index (χ2n) is 5.64. The summed E-state index contributed by atoms with van der Waals surface area (Å²) in [5.74, 6) is -0.0966. The summed E-state index contributed by atoms with van der Waals surface area (Å²) in [6.07, 6.45) is 6.10. The number of ether oxygens (including phenoxy) is 1. The Morgan fingerprint density at radius 1 is 1.22 bits per heavy atom. The number of piperazine rings is 1. The van der Waals surface area contributed by atoms with Crippen LogP contribution in [0.3, 0.4) is 0 Å². The predicted octanol–water partition coefficient (Wildman–Crippen LogP) is 1.50. The van der Waals surface area contributed by atoms with Crippen molar-refractivity contribution in [1.82, 2.24) is 9.80 Å². The van der Waals surface area contributed by atoms with Gasteiger partial charge < -0.3 is 4.74 Å². The van der Waals surface area contributed by atoms with E-state index in [0.717, 1.165) is 32.2 Å². The predicted molar refractivity (Wildman–Crippen MR) is 71.5 cm³/mol. The van der Waals surface area contributed by atoms with Gasteiger partial charge in [0.1, 0.15) is 0 Å². The first-order chi connectivity index (χ1) is 8.70. The summed E-state index contributed by atoms with van der Waals surface area (Å²) < 4.78 is 4.74. The normalized spacial score (nSPS) is 25.2. The quantitative estimate of drug-likeness (QED) is 0.712. The molecule has 1 unspecified atom stereocenters. The lowest BCUT2D eigenvalue weighted by Crippen LogP contribution is -2.52. The Balaban J connectivity index is 1.73. The smallest absolute Gasteiger partial charge is 0.307 e. The van der Waals surface area contributed by atoms with Crippen molar-refractivity contribution in [2.75, 3.05) is 33.3 Å². The third-order valence-corrected chi connectivity index (χ3v) is 4.50. The van der Waals surface area contributed by atoms with Crippen molar-refractivity contribution in [2.24, 2.45) is 0 Å². The van der Waals surface area contributed by atoms with Crippen LogP contribution in [0.1, 0.15) is 39.0 Å². The molecule has 4 nitrogen and oxygen atoms in total. The largest absolute Gasteiger partial charge is 0.469 e. The Hall–Kier alpha value is -0.610. The molecule has 2 rings (SSSR count). The SMILES string of the molecule is COC(=O)CC(C)N1CCN(C2CCCC2)CC1. The van der Waals surface area contributed by atoms with E-state index in [0.29, 0.717) is 12.5 Å². The minimum atomic E-state index is -0.0966. The Morgan fingerprint density at radius 3 is 2.39 bits per heavy atom. The van der Waals surface area contributed by atoms with Gasteiger partial charge in [0.25, 0.3) is 0 Å². The van der Waals surface area contributed by atoms with Crippen LogP contribution in [-0.2, 0) is 9.53 Å². The number of hydrogen-bond acceptors (Lipinski definition) is 4. The summed E-state index contributed by atoms with van der Waals surface area (Å²) in [6, 6.07) is 1.14. The van der Waals surface area contributed by atoms with E-state index in [-0.39, 0.29) is 5.97 Å². The van der Waals surface area contributed by atoms with Crippen molar-refractivity contribution in [3.05, 3.63) is 0 Å². The zero-order valence-electron chi connectivity index (χ0n) is 11.7. The average molecular weight is 254 g/mol. The summed E-state index contributed by atoms with van der Waals surface area (Å²) in [7, 11) is 1.47. The van der Waals surface area contributed by atoms with E-state index >= 15 is 0 Å². The highest BCUT2D eigenvalue weighted by Gasteiger charge is 2.28. The summed E-state index contributed by atoms with van der Waals surface area (Å²) in [5, 5.41) is 0. The highest BCUT2D eigenvalue weighted by molar-refractivity contribution is 5.69. The molecule has 0 bridgehead atoms. The van der Waals surface area contributed by atoms with Crippen LogP contribution in [0.4, 0.5) is 0 Å². The number of nitrogens with zero attached hydrogens (tertiary/aromatic N) is 2. The third kappa shape index (κ3) is 3.45. The fourth-order valence-electron chi connectivity index (χ4n) is 3.27. The standard InChI is InChI=1S/C14H26N2O2/c1-12(11-14(17)18-2)15-7-9-16(10-8-15)13-5-3-4-6-13/h12-13H,3-11H2,1-2H3. The summed E-state index contributed by atoms with van der Waals surface area (Å²) in [4.78, 5) is 16.3. The van der Waals surface area contributed by atoms with Crippen LogP contribution >= 0.6 is 0 Å². The molecular formula is C14H26N2O2. The number of carbonyl (C=O) groups excluding carboxylic acids is 1. The fourth-order valence-corrected chi connectivity index (χ4v) is 3.27. The van der Waals surface area contributed by atoms with E-state index in [2.05, 4.69) is 16.7 Å². The Morgan fingerprint density at radius 2 is 1.83 bits per heavy atom. The molecule has 0 N–H and O–H groups in total. The number of carbonyl (C=O) groups is 1. The summed E-state index contributed by atoms with van der Waals surface area (Å²) >= 11 is 0. The van der Waals surface area contributed by atoms with Gasteiger partial charge in [0.15, 0.2) is 0 Å². The van der Waals surface area contributed by atoms with E-state index in [9.17, 15) is 4.79 Å². The van der Waals surface area contributed by atoms with Crippen LogP contribution in [0.25, 0.3) is 0 Å². The number of esters is 1. The number of hydrogen-bond donors (Lipinski definition) is 0. The van der Waals surface area contributed by atoms with Crippen molar-refractivity contribution >= 4 is 5.97 Å². The molecule has 0 spiro atoms. The second kappa shape index (κ2) is 6.53. The molecular weight excluding hydrogens is 228 g/mol. The van der Waals surface area contributed by atoms with Gasteiger partial charge in [-0.05, 0) is 19.8 Å². The Bertz CT molecular complexity index is 269. The molecule has 0 aromatic carbocycles. The topological polar surface area (TPSA) is 32.8 Å². The van der Waals surface area contributed by atoms with E-state index in [1.54, 1.807) is 0 Å². The molecule has 0 aromatic rings. The number of methoxy groups -OCH3 is 1. The molecule has 18 heavy (non-hydrogen) atoms. The molecule has 4 heteroatoms. The highest BCUT2D eigenvalue weighted by Crippen LogP contribution is 2.24. The van der Waals surface area contributed by atoms with E-state index in [1.807, 2.05) is 0 Å². The first kappa shape index (κ1) is 13.8. The molecule has 1 atom stereocenters. The van der Waals surface area contributed by atoms with Crippen LogP contribution in [0.5, 0.6) is 0 Å². The Labute approximate surface area is 110 Å². The van der Waals surface area contributed by atoms with Crippen LogP contribution in [0, 0.1) is 0 Å². The monoisotopic (exact) mass is 254 g/mol. The maximum absolute atomic E-state index is 11.3. The molecule has 0 radical (unpaired) electrons. The summed E-state index contributed by atoms with van der Waals surface area (Å²) in [6.45, 7) is 6.64. The van der Waals surface area contributed by atoms with Gasteiger partial charge in [0.05, 0.1) is 13.5 Å². The van der Waals surface area contributed by atoms with Crippen LogP contribution in [0.2, 0.25) is 0 Å². The maximum Gasteiger partial charge on any atom is 0.307 e. The van der Waals surface area contributed by atoms with Gasteiger partial charge in [-0.25, -0.2) is 0 Å². The molecule has 2 aliphatic rings. The molecule has 104 valence electrons. The maximum atomic E-state index is 11.3. The molecule has 1 saturated heterocycles. The van der Waals surface area contributed by atoms with E-state index in [4.69, 9.17) is 4.74 Å². The first-order valence-corrected chi connectivity index (χ1v) is 7.25. The zero-order chi connectivity index (χ0) is 13.0. The molecule has 0 amide bonds. The van der Waals surface area contributed by atoms with E-state index < -0.39 is 0 Å².